The van der Waals surface area contributed by atoms with Crippen molar-refractivity contribution < 1.29 is 13.6 Å². The number of carbonyl (C=O) groups is 1. The third kappa shape index (κ3) is 3.12. The fourth-order valence-electron chi connectivity index (χ4n) is 3.61. The van der Waals surface area contributed by atoms with Crippen molar-refractivity contribution in [2.24, 2.45) is 5.92 Å². The molecule has 2 fully saturated rings. The average Bonchev–Trinajstić information content (AvgIpc) is 3.10. The minimum atomic E-state index is -2.63. The molecule has 0 bridgehead atoms. The summed E-state index contributed by atoms with van der Waals surface area (Å²) < 4.78 is 26.6. The number of alkyl halides is 2. The van der Waals surface area contributed by atoms with Crippen molar-refractivity contribution in [2.75, 3.05) is 31.1 Å². The topological polar surface area (TPSA) is 62.2 Å². The second-order valence-electron chi connectivity index (χ2n) is 6.70. The first-order valence-corrected chi connectivity index (χ1v) is 8.50. The zero-order valence-corrected chi connectivity index (χ0v) is 13.7. The summed E-state index contributed by atoms with van der Waals surface area (Å²) in [6.07, 6.45) is 5.12. The highest BCUT2D eigenvalue weighted by molar-refractivity contribution is 5.89. The van der Waals surface area contributed by atoms with Gasteiger partial charge in [-0.1, -0.05) is 0 Å². The van der Waals surface area contributed by atoms with E-state index < -0.39 is 5.92 Å². The summed E-state index contributed by atoms with van der Waals surface area (Å²) in [5.74, 6) is -2.02. The molecular weight excluding hydrogens is 328 g/mol. The maximum absolute atomic E-state index is 13.3. The lowest BCUT2D eigenvalue weighted by atomic mass is 10.0. The zero-order valence-electron chi connectivity index (χ0n) is 13.7. The molecule has 2 saturated heterocycles. The second kappa shape index (κ2) is 6.16. The summed E-state index contributed by atoms with van der Waals surface area (Å²) in [4.78, 5) is 29.0. The summed E-state index contributed by atoms with van der Waals surface area (Å²) in [7, 11) is 0. The van der Waals surface area contributed by atoms with Gasteiger partial charge in [-0.15, -0.1) is 0 Å². The van der Waals surface area contributed by atoms with Crippen LogP contribution >= 0.6 is 0 Å². The van der Waals surface area contributed by atoms with Crippen molar-refractivity contribution in [1.29, 1.82) is 0 Å². The van der Waals surface area contributed by atoms with E-state index in [-0.39, 0.29) is 37.8 Å². The van der Waals surface area contributed by atoms with Gasteiger partial charge in [-0.3, -0.25) is 9.78 Å². The molecule has 2 aromatic rings. The molecule has 8 heteroatoms. The molecule has 0 saturated carbocycles. The lowest BCUT2D eigenvalue weighted by Crippen LogP contribution is -2.45. The average molecular weight is 347 g/mol. The maximum atomic E-state index is 13.3. The molecule has 25 heavy (non-hydrogen) atoms. The van der Waals surface area contributed by atoms with E-state index in [9.17, 15) is 13.6 Å². The van der Waals surface area contributed by atoms with Gasteiger partial charge in [0.25, 0.3) is 5.92 Å². The van der Waals surface area contributed by atoms with Crippen LogP contribution in [0.2, 0.25) is 0 Å². The van der Waals surface area contributed by atoms with E-state index in [1.807, 2.05) is 6.07 Å². The fraction of sp³-hybridized carbons (Fsp3) is 0.529. The van der Waals surface area contributed by atoms with Gasteiger partial charge in [0, 0.05) is 50.6 Å². The predicted octanol–water partition coefficient (Wildman–Crippen LogP) is 2.11. The van der Waals surface area contributed by atoms with Gasteiger partial charge in [0.1, 0.15) is 12.1 Å². The third-order valence-electron chi connectivity index (χ3n) is 5.06. The first-order valence-electron chi connectivity index (χ1n) is 8.50. The summed E-state index contributed by atoms with van der Waals surface area (Å²) in [6, 6.07) is 1.87. The molecule has 4 heterocycles. The van der Waals surface area contributed by atoms with Gasteiger partial charge in [0.15, 0.2) is 0 Å². The van der Waals surface area contributed by atoms with E-state index in [0.717, 1.165) is 23.3 Å². The lowest BCUT2D eigenvalue weighted by molar-refractivity contribution is -0.140. The Labute approximate surface area is 143 Å². The van der Waals surface area contributed by atoms with Crippen LogP contribution in [0.1, 0.15) is 19.3 Å². The highest BCUT2D eigenvalue weighted by atomic mass is 19.3. The largest absolute Gasteiger partial charge is 0.355 e. The maximum Gasteiger partial charge on any atom is 0.251 e. The number of fused-ring (bicyclic) bond motifs is 1. The molecule has 6 nitrogen and oxygen atoms in total. The third-order valence-corrected chi connectivity index (χ3v) is 5.06. The van der Waals surface area contributed by atoms with Gasteiger partial charge in [0.2, 0.25) is 5.91 Å². The van der Waals surface area contributed by atoms with E-state index in [0.29, 0.717) is 13.0 Å². The van der Waals surface area contributed by atoms with Crippen molar-refractivity contribution in [3.05, 3.63) is 24.8 Å². The highest BCUT2D eigenvalue weighted by Gasteiger charge is 2.39. The number of carbonyl (C=O) groups excluding carboxylic acids is 1. The smallest absolute Gasteiger partial charge is 0.251 e. The van der Waals surface area contributed by atoms with Gasteiger partial charge < -0.3 is 9.80 Å². The Morgan fingerprint density at radius 3 is 2.80 bits per heavy atom. The normalized spacial score (nSPS) is 23.2. The molecule has 0 radical (unpaired) electrons. The van der Waals surface area contributed by atoms with E-state index in [1.165, 1.54) is 6.33 Å². The highest BCUT2D eigenvalue weighted by Crippen LogP contribution is 2.31. The van der Waals surface area contributed by atoms with Crippen LogP contribution in [0, 0.1) is 5.92 Å². The SMILES string of the molecule is O=C(C1CCN(c2ncnc3cnccc23)C1)N1CCC(F)(F)CC1. The van der Waals surface area contributed by atoms with Crippen molar-refractivity contribution in [1.82, 2.24) is 19.9 Å². The van der Waals surface area contributed by atoms with Crippen LogP contribution in [-0.4, -0.2) is 57.9 Å². The summed E-state index contributed by atoms with van der Waals surface area (Å²) in [5.41, 5.74) is 0.764. The predicted molar refractivity (Wildman–Crippen MR) is 88.4 cm³/mol. The lowest BCUT2D eigenvalue weighted by Gasteiger charge is -2.33. The molecule has 0 aromatic carbocycles. The first-order chi connectivity index (χ1) is 12.0. The van der Waals surface area contributed by atoms with Gasteiger partial charge in [-0.05, 0) is 12.5 Å². The number of likely N-dealkylation sites (tertiary alicyclic amines) is 1. The molecule has 132 valence electrons. The number of hydrogen-bond acceptors (Lipinski definition) is 5. The molecular formula is C17H19F2N5O. The zero-order chi connectivity index (χ0) is 17.4. The molecule has 2 aromatic heterocycles. The number of rotatable bonds is 2. The number of aromatic nitrogens is 3. The molecule has 4 rings (SSSR count). The molecule has 0 N–H and O–H groups in total. The Balaban J connectivity index is 1.47. The van der Waals surface area contributed by atoms with E-state index >= 15 is 0 Å². The Morgan fingerprint density at radius 2 is 2.00 bits per heavy atom. The van der Waals surface area contributed by atoms with Gasteiger partial charge >= 0.3 is 0 Å². The van der Waals surface area contributed by atoms with Crippen LogP contribution in [0.15, 0.2) is 24.8 Å². The molecule has 1 amide bonds. The number of pyridine rings is 1. The fourth-order valence-corrected chi connectivity index (χ4v) is 3.61. The Hall–Kier alpha value is -2.38. The van der Waals surface area contributed by atoms with Crippen LogP contribution in [0.25, 0.3) is 10.9 Å². The Bertz CT molecular complexity index is 784. The van der Waals surface area contributed by atoms with Crippen molar-refractivity contribution >= 4 is 22.6 Å². The summed E-state index contributed by atoms with van der Waals surface area (Å²) in [5, 5.41) is 0.906. The van der Waals surface area contributed by atoms with E-state index in [1.54, 1.807) is 17.3 Å². The van der Waals surface area contributed by atoms with Crippen molar-refractivity contribution in [2.45, 2.75) is 25.2 Å². The standard InChI is InChI=1S/C17H19F2N5O/c18-17(19)3-7-23(8-4-17)16(25)12-2-6-24(10-12)15-13-1-5-20-9-14(13)21-11-22-15/h1,5,9,11-12H,2-4,6-8,10H2. The molecule has 0 aliphatic carbocycles. The van der Waals surface area contributed by atoms with Crippen molar-refractivity contribution in [3.8, 4) is 0 Å². The number of nitrogens with zero attached hydrogens (tertiary/aromatic N) is 5. The molecule has 2 aliphatic heterocycles. The van der Waals surface area contributed by atoms with Gasteiger partial charge in [0.05, 0.1) is 17.6 Å². The number of hydrogen-bond donors (Lipinski definition) is 0. The minimum absolute atomic E-state index is 0.0157. The quantitative estimate of drug-likeness (QED) is 0.833. The molecule has 1 atom stereocenters. The monoisotopic (exact) mass is 347 g/mol. The van der Waals surface area contributed by atoms with Crippen LogP contribution in [0.3, 0.4) is 0 Å². The number of halogens is 2. The van der Waals surface area contributed by atoms with Gasteiger partial charge in [-0.2, -0.15) is 0 Å². The number of piperidine rings is 1. The first kappa shape index (κ1) is 16.1. The van der Waals surface area contributed by atoms with Crippen LogP contribution in [0.5, 0.6) is 0 Å². The van der Waals surface area contributed by atoms with Crippen LogP contribution in [-0.2, 0) is 4.79 Å². The molecule has 1 unspecified atom stereocenters. The summed E-state index contributed by atoms with van der Waals surface area (Å²) >= 11 is 0. The van der Waals surface area contributed by atoms with Crippen LogP contribution in [0.4, 0.5) is 14.6 Å². The molecule has 2 aliphatic rings. The van der Waals surface area contributed by atoms with E-state index in [2.05, 4.69) is 19.9 Å². The van der Waals surface area contributed by atoms with E-state index in [4.69, 9.17) is 0 Å². The second-order valence-corrected chi connectivity index (χ2v) is 6.70. The number of anilines is 1. The number of amides is 1. The Morgan fingerprint density at radius 1 is 1.20 bits per heavy atom. The Kier molecular flexibility index (Phi) is 3.97. The van der Waals surface area contributed by atoms with Crippen molar-refractivity contribution in [3.63, 3.8) is 0 Å². The van der Waals surface area contributed by atoms with Gasteiger partial charge in [-0.25, -0.2) is 18.7 Å². The van der Waals surface area contributed by atoms with Crippen LogP contribution < -0.4 is 4.90 Å². The minimum Gasteiger partial charge on any atom is -0.355 e. The summed E-state index contributed by atoms with van der Waals surface area (Å²) in [6.45, 7) is 1.56. The molecule has 0 spiro atoms.